The summed E-state index contributed by atoms with van der Waals surface area (Å²) in [4.78, 5) is 4.99. The third-order valence-electron chi connectivity index (χ3n) is 7.62. The van der Waals surface area contributed by atoms with Gasteiger partial charge in [-0.3, -0.25) is 9.80 Å². The first-order chi connectivity index (χ1) is 19.0. The van der Waals surface area contributed by atoms with Crippen LogP contribution in [0.15, 0.2) is 103 Å². The van der Waals surface area contributed by atoms with E-state index in [4.69, 9.17) is 16.3 Å². The zero-order chi connectivity index (χ0) is 27.1. The number of nitrogens with zero attached hydrogens (tertiary/aromatic N) is 2. The summed E-state index contributed by atoms with van der Waals surface area (Å²) in [6.45, 7) is 8.90. The summed E-state index contributed by atoms with van der Waals surface area (Å²) in [5.74, 6) is 0.819. The van der Waals surface area contributed by atoms with Gasteiger partial charge in [0.25, 0.3) is 0 Å². The van der Waals surface area contributed by atoms with Crippen molar-refractivity contribution in [2.24, 2.45) is 0 Å². The van der Waals surface area contributed by atoms with Crippen molar-refractivity contribution in [3.8, 4) is 5.75 Å². The van der Waals surface area contributed by atoms with Crippen LogP contribution in [-0.4, -0.2) is 54.2 Å². The second-order valence-corrected chi connectivity index (χ2v) is 10.9. The molecule has 0 spiro atoms. The van der Waals surface area contributed by atoms with Gasteiger partial charge in [-0.05, 0) is 53.4 Å². The molecule has 0 aliphatic carbocycles. The highest BCUT2D eigenvalue weighted by Crippen LogP contribution is 2.35. The number of ether oxygens (including phenoxy) is 1. The lowest BCUT2D eigenvalue weighted by Crippen LogP contribution is -2.47. The number of piperazine rings is 1. The monoisotopic (exact) mass is 540 g/mol. The van der Waals surface area contributed by atoms with E-state index in [0.29, 0.717) is 18.1 Å². The standard InChI is InChI=1S/C34H37ClN2O2/c1-27-7-11-30(12-8-27)34(38,25-28-9-15-32(35)16-10-28)31-13-17-33(18-14-31)39-24-23-36-19-21-37(22-20-36)26-29-5-3-2-4-6-29/h2-18,38H,19-26H2,1H3. The number of hydrogen-bond donors (Lipinski definition) is 1. The smallest absolute Gasteiger partial charge is 0.119 e. The van der Waals surface area contributed by atoms with Crippen molar-refractivity contribution >= 4 is 11.6 Å². The molecule has 1 fully saturated rings. The molecule has 4 aromatic rings. The van der Waals surface area contributed by atoms with Crippen molar-refractivity contribution in [2.45, 2.75) is 25.5 Å². The number of halogens is 1. The highest BCUT2D eigenvalue weighted by Gasteiger charge is 2.32. The normalized spacial score (nSPS) is 16.1. The molecule has 0 amide bonds. The van der Waals surface area contributed by atoms with Gasteiger partial charge < -0.3 is 9.84 Å². The van der Waals surface area contributed by atoms with Gasteiger partial charge in [0.05, 0.1) is 0 Å². The fourth-order valence-corrected chi connectivity index (χ4v) is 5.36. The Hall–Kier alpha value is -3.15. The molecule has 0 saturated carbocycles. The molecule has 1 N–H and O–H groups in total. The molecule has 202 valence electrons. The summed E-state index contributed by atoms with van der Waals surface area (Å²) in [5, 5.41) is 12.7. The molecular weight excluding hydrogens is 504 g/mol. The summed E-state index contributed by atoms with van der Waals surface area (Å²) in [6.07, 6.45) is 0.448. The van der Waals surface area contributed by atoms with Gasteiger partial charge in [0.1, 0.15) is 18.0 Å². The van der Waals surface area contributed by atoms with E-state index in [2.05, 4.69) is 47.1 Å². The van der Waals surface area contributed by atoms with Gasteiger partial charge in [-0.2, -0.15) is 0 Å². The molecule has 1 aliphatic heterocycles. The molecule has 0 bridgehead atoms. The fourth-order valence-electron chi connectivity index (χ4n) is 5.23. The summed E-state index contributed by atoms with van der Waals surface area (Å²) in [5.41, 5.74) is 4.09. The molecule has 1 heterocycles. The predicted molar refractivity (Wildman–Crippen MR) is 159 cm³/mol. The molecule has 4 aromatic carbocycles. The van der Waals surface area contributed by atoms with E-state index in [9.17, 15) is 5.11 Å². The minimum Gasteiger partial charge on any atom is -0.492 e. The van der Waals surface area contributed by atoms with Crippen LogP contribution in [0.2, 0.25) is 5.02 Å². The van der Waals surface area contributed by atoms with Crippen molar-refractivity contribution in [2.75, 3.05) is 39.3 Å². The summed E-state index contributed by atoms with van der Waals surface area (Å²) >= 11 is 6.10. The molecule has 5 heteroatoms. The van der Waals surface area contributed by atoms with Crippen LogP contribution in [0.5, 0.6) is 5.75 Å². The van der Waals surface area contributed by atoms with Gasteiger partial charge in [-0.1, -0.05) is 96.0 Å². The molecule has 1 unspecified atom stereocenters. The highest BCUT2D eigenvalue weighted by atomic mass is 35.5. The van der Waals surface area contributed by atoms with E-state index in [1.807, 2.05) is 72.8 Å². The molecule has 1 atom stereocenters. The SMILES string of the molecule is Cc1ccc(C(O)(Cc2ccc(Cl)cc2)c2ccc(OCCN3CCN(Cc4ccccc4)CC3)cc2)cc1. The van der Waals surface area contributed by atoms with Crippen LogP contribution in [0.4, 0.5) is 0 Å². The number of hydrogen-bond acceptors (Lipinski definition) is 4. The molecule has 4 nitrogen and oxygen atoms in total. The molecular formula is C34H37ClN2O2. The van der Waals surface area contributed by atoms with Crippen molar-refractivity contribution < 1.29 is 9.84 Å². The van der Waals surface area contributed by atoms with Crippen LogP contribution >= 0.6 is 11.6 Å². The Morgan fingerprint density at radius 3 is 1.95 bits per heavy atom. The lowest BCUT2D eigenvalue weighted by molar-refractivity contribution is 0.0810. The molecule has 1 aliphatic rings. The lowest BCUT2D eigenvalue weighted by atomic mass is 9.81. The van der Waals surface area contributed by atoms with E-state index >= 15 is 0 Å². The van der Waals surface area contributed by atoms with Crippen molar-refractivity contribution in [1.29, 1.82) is 0 Å². The van der Waals surface area contributed by atoms with Crippen LogP contribution in [0.3, 0.4) is 0 Å². The highest BCUT2D eigenvalue weighted by molar-refractivity contribution is 6.30. The summed E-state index contributed by atoms with van der Waals surface area (Å²) in [7, 11) is 0. The Morgan fingerprint density at radius 1 is 0.718 bits per heavy atom. The Labute approximate surface area is 237 Å². The van der Waals surface area contributed by atoms with Crippen LogP contribution in [0.1, 0.15) is 27.8 Å². The Balaban J connectivity index is 1.17. The van der Waals surface area contributed by atoms with Gasteiger partial charge in [-0.25, -0.2) is 0 Å². The topological polar surface area (TPSA) is 35.9 Å². The largest absolute Gasteiger partial charge is 0.492 e. The maximum Gasteiger partial charge on any atom is 0.119 e. The third-order valence-corrected chi connectivity index (χ3v) is 7.88. The number of rotatable bonds is 10. The van der Waals surface area contributed by atoms with Crippen molar-refractivity contribution in [3.05, 3.63) is 136 Å². The first-order valence-corrected chi connectivity index (χ1v) is 14.1. The zero-order valence-electron chi connectivity index (χ0n) is 22.6. The van der Waals surface area contributed by atoms with E-state index in [-0.39, 0.29) is 0 Å². The zero-order valence-corrected chi connectivity index (χ0v) is 23.4. The first kappa shape index (κ1) is 27.4. The van der Waals surface area contributed by atoms with E-state index in [0.717, 1.165) is 67.3 Å². The average molecular weight is 541 g/mol. The second-order valence-electron chi connectivity index (χ2n) is 10.5. The summed E-state index contributed by atoms with van der Waals surface area (Å²) < 4.78 is 6.10. The maximum atomic E-state index is 12.0. The Bertz CT molecular complexity index is 1300. The number of aryl methyl sites for hydroxylation is 1. The number of aliphatic hydroxyl groups is 1. The third kappa shape index (κ3) is 7.28. The van der Waals surface area contributed by atoms with Gasteiger partial charge >= 0.3 is 0 Å². The predicted octanol–water partition coefficient (Wildman–Crippen LogP) is 6.32. The van der Waals surface area contributed by atoms with Crippen LogP contribution < -0.4 is 4.74 Å². The van der Waals surface area contributed by atoms with E-state index in [1.54, 1.807) is 0 Å². The van der Waals surface area contributed by atoms with Gasteiger partial charge in [-0.15, -0.1) is 0 Å². The van der Waals surface area contributed by atoms with Gasteiger partial charge in [0.15, 0.2) is 0 Å². The molecule has 1 saturated heterocycles. The second kappa shape index (κ2) is 12.8. The molecule has 5 rings (SSSR count). The van der Waals surface area contributed by atoms with Gasteiger partial charge in [0.2, 0.25) is 0 Å². The Morgan fingerprint density at radius 2 is 1.31 bits per heavy atom. The van der Waals surface area contributed by atoms with Crippen LogP contribution in [-0.2, 0) is 18.6 Å². The molecule has 0 aromatic heterocycles. The van der Waals surface area contributed by atoms with E-state index < -0.39 is 5.60 Å². The van der Waals surface area contributed by atoms with Crippen LogP contribution in [0, 0.1) is 6.92 Å². The first-order valence-electron chi connectivity index (χ1n) is 13.7. The van der Waals surface area contributed by atoms with E-state index in [1.165, 1.54) is 5.56 Å². The minimum absolute atomic E-state index is 0.448. The van der Waals surface area contributed by atoms with Crippen molar-refractivity contribution in [1.82, 2.24) is 9.80 Å². The van der Waals surface area contributed by atoms with Gasteiger partial charge in [0, 0.05) is 50.7 Å². The fraction of sp³-hybridized carbons (Fsp3) is 0.294. The molecule has 39 heavy (non-hydrogen) atoms. The van der Waals surface area contributed by atoms with Crippen LogP contribution in [0.25, 0.3) is 0 Å². The average Bonchev–Trinajstić information content (AvgIpc) is 2.96. The number of benzene rings is 4. The minimum atomic E-state index is -1.17. The quantitative estimate of drug-likeness (QED) is 0.255. The summed E-state index contributed by atoms with van der Waals surface area (Å²) in [6, 6.07) is 34.4. The maximum absolute atomic E-state index is 12.0. The molecule has 0 radical (unpaired) electrons. The van der Waals surface area contributed by atoms with Crippen molar-refractivity contribution in [3.63, 3.8) is 0 Å². The Kier molecular flexibility index (Phi) is 9.00. The lowest BCUT2D eigenvalue weighted by Gasteiger charge is -2.34.